The summed E-state index contributed by atoms with van der Waals surface area (Å²) in [6, 6.07) is 62.3. The molecule has 0 heterocycles. The summed E-state index contributed by atoms with van der Waals surface area (Å²) in [7, 11) is 0. The van der Waals surface area contributed by atoms with Crippen molar-refractivity contribution < 1.29 is 0 Å². The molecule has 0 fully saturated rings. The van der Waals surface area contributed by atoms with Gasteiger partial charge in [-0.25, -0.2) is 0 Å². The van der Waals surface area contributed by atoms with Gasteiger partial charge in [-0.1, -0.05) is 158 Å². The van der Waals surface area contributed by atoms with Crippen molar-refractivity contribution in [3.8, 4) is 33.4 Å². The molecule has 0 aromatic heterocycles. The van der Waals surface area contributed by atoms with Crippen LogP contribution in [0.25, 0.3) is 87.2 Å². The molecule has 0 N–H and O–H groups in total. The maximum atomic E-state index is 2.37. The average Bonchev–Trinajstić information content (AvgIpc) is 3.10. The Morgan fingerprint density at radius 2 is 0.614 bits per heavy atom. The topological polar surface area (TPSA) is 0 Å². The molecule has 9 rings (SSSR count). The van der Waals surface area contributed by atoms with Gasteiger partial charge in [-0.3, -0.25) is 0 Å². The molecule has 0 heteroatoms. The molecular weight excluding hydrogens is 528 g/mol. The molecular formula is C44H28. The molecule has 0 radical (unpaired) electrons. The van der Waals surface area contributed by atoms with Gasteiger partial charge >= 0.3 is 0 Å². The van der Waals surface area contributed by atoms with Gasteiger partial charge in [0.15, 0.2) is 0 Å². The zero-order valence-corrected chi connectivity index (χ0v) is 24.2. The molecule has 44 heavy (non-hydrogen) atoms. The summed E-state index contributed by atoms with van der Waals surface area (Å²) in [4.78, 5) is 0. The first-order chi connectivity index (χ1) is 21.8. The number of fused-ring (bicyclic) bond motifs is 6. The van der Waals surface area contributed by atoms with Gasteiger partial charge in [0.05, 0.1) is 0 Å². The van der Waals surface area contributed by atoms with E-state index in [-0.39, 0.29) is 0 Å². The fraction of sp³-hybridized carbons (Fsp3) is 0. The highest BCUT2D eigenvalue weighted by Gasteiger charge is 2.17. The van der Waals surface area contributed by atoms with E-state index in [2.05, 4.69) is 170 Å². The van der Waals surface area contributed by atoms with Crippen LogP contribution in [0.3, 0.4) is 0 Å². The number of benzene rings is 9. The third-order valence-corrected chi connectivity index (χ3v) is 9.22. The molecule has 0 saturated heterocycles. The summed E-state index contributed by atoms with van der Waals surface area (Å²) in [6.07, 6.45) is 0. The van der Waals surface area contributed by atoms with Crippen LogP contribution in [-0.2, 0) is 0 Å². The largest absolute Gasteiger partial charge is 0.0616 e. The van der Waals surface area contributed by atoms with Crippen molar-refractivity contribution in [2.45, 2.75) is 0 Å². The highest BCUT2D eigenvalue weighted by atomic mass is 14.2. The van der Waals surface area contributed by atoms with E-state index in [0.29, 0.717) is 0 Å². The molecule has 0 bridgehead atoms. The lowest BCUT2D eigenvalue weighted by atomic mass is 9.85. The van der Waals surface area contributed by atoms with Gasteiger partial charge in [-0.2, -0.15) is 0 Å². The van der Waals surface area contributed by atoms with Crippen molar-refractivity contribution in [2.24, 2.45) is 0 Å². The molecule has 0 unspecified atom stereocenters. The first kappa shape index (κ1) is 24.8. The summed E-state index contributed by atoms with van der Waals surface area (Å²) < 4.78 is 0. The van der Waals surface area contributed by atoms with E-state index in [1.807, 2.05) is 0 Å². The van der Waals surface area contributed by atoms with E-state index in [1.54, 1.807) is 0 Å². The molecule has 0 aliphatic carbocycles. The van der Waals surface area contributed by atoms with Crippen LogP contribution in [0, 0.1) is 0 Å². The van der Waals surface area contributed by atoms with Gasteiger partial charge in [0.2, 0.25) is 0 Å². The highest BCUT2D eigenvalue weighted by molar-refractivity contribution is 6.22. The molecule has 204 valence electrons. The Balaban J connectivity index is 1.24. The second-order valence-electron chi connectivity index (χ2n) is 11.7. The minimum Gasteiger partial charge on any atom is -0.0616 e. The van der Waals surface area contributed by atoms with E-state index in [9.17, 15) is 0 Å². The van der Waals surface area contributed by atoms with Crippen LogP contribution in [0.4, 0.5) is 0 Å². The lowest BCUT2D eigenvalue weighted by Crippen LogP contribution is -1.91. The van der Waals surface area contributed by atoms with Gasteiger partial charge in [0.1, 0.15) is 0 Å². The van der Waals surface area contributed by atoms with Gasteiger partial charge in [-0.05, 0) is 99.4 Å². The van der Waals surface area contributed by atoms with Crippen LogP contribution in [0.15, 0.2) is 170 Å². The van der Waals surface area contributed by atoms with Gasteiger partial charge < -0.3 is 0 Å². The van der Waals surface area contributed by atoms with E-state index in [0.717, 1.165) is 0 Å². The zero-order valence-electron chi connectivity index (χ0n) is 24.2. The predicted molar refractivity (Wildman–Crippen MR) is 190 cm³/mol. The van der Waals surface area contributed by atoms with Crippen molar-refractivity contribution >= 4 is 53.9 Å². The third-order valence-electron chi connectivity index (χ3n) is 9.22. The first-order valence-electron chi connectivity index (χ1n) is 15.3. The third kappa shape index (κ3) is 3.92. The van der Waals surface area contributed by atoms with E-state index >= 15 is 0 Å². The Kier molecular flexibility index (Phi) is 5.61. The van der Waals surface area contributed by atoms with E-state index in [1.165, 1.54) is 87.2 Å². The summed E-state index contributed by atoms with van der Waals surface area (Å²) in [5, 5.41) is 12.8. The summed E-state index contributed by atoms with van der Waals surface area (Å²) >= 11 is 0. The monoisotopic (exact) mass is 556 g/mol. The van der Waals surface area contributed by atoms with Crippen LogP contribution in [0.1, 0.15) is 0 Å². The second-order valence-corrected chi connectivity index (χ2v) is 11.7. The number of hydrogen-bond acceptors (Lipinski definition) is 0. The number of rotatable bonds is 3. The maximum absolute atomic E-state index is 2.37. The minimum atomic E-state index is 1.23. The van der Waals surface area contributed by atoms with Crippen molar-refractivity contribution in [3.63, 3.8) is 0 Å². The van der Waals surface area contributed by atoms with Crippen LogP contribution < -0.4 is 0 Å². The Hall–Kier alpha value is -5.72. The van der Waals surface area contributed by atoms with Crippen LogP contribution in [0.5, 0.6) is 0 Å². The second kappa shape index (κ2) is 9.93. The predicted octanol–water partition coefficient (Wildman–Crippen LogP) is 12.5. The lowest BCUT2D eigenvalue weighted by molar-refractivity contribution is 1.63. The summed E-state index contributed by atoms with van der Waals surface area (Å²) in [6.45, 7) is 0. The Bertz CT molecular complexity index is 2480. The molecule has 0 nitrogen and oxygen atoms in total. The summed E-state index contributed by atoms with van der Waals surface area (Å²) in [5.74, 6) is 0. The molecule has 9 aromatic carbocycles. The molecule has 9 aromatic rings. The standard InChI is InChI=1S/C44H28/c1-2-11-33-27-34(23-19-29(33)9-1)30-17-21-32(22-18-30)43-39-13-5-7-15-41(39)44(42-16-8-6-14-40(42)43)36-25-26-38-35(28-36)24-20-31-10-3-4-12-37(31)38/h1-28H. The van der Waals surface area contributed by atoms with Gasteiger partial charge in [0.25, 0.3) is 0 Å². The van der Waals surface area contributed by atoms with E-state index in [4.69, 9.17) is 0 Å². The maximum Gasteiger partial charge on any atom is -0.00262 e. The Labute approximate surface area is 256 Å². The molecule has 0 amide bonds. The molecule has 0 saturated carbocycles. The molecule has 0 spiro atoms. The first-order valence-corrected chi connectivity index (χ1v) is 15.3. The molecule has 0 aliphatic rings. The van der Waals surface area contributed by atoms with Crippen molar-refractivity contribution in [1.29, 1.82) is 0 Å². The smallest absolute Gasteiger partial charge is 0.00262 e. The normalized spacial score (nSPS) is 11.6. The quantitative estimate of drug-likeness (QED) is 0.150. The van der Waals surface area contributed by atoms with Crippen LogP contribution in [0.2, 0.25) is 0 Å². The fourth-order valence-electron chi connectivity index (χ4n) is 7.12. The Morgan fingerprint density at radius 3 is 1.30 bits per heavy atom. The van der Waals surface area contributed by atoms with Crippen LogP contribution >= 0.6 is 0 Å². The van der Waals surface area contributed by atoms with Gasteiger partial charge in [-0.15, -0.1) is 0 Å². The average molecular weight is 557 g/mol. The molecule has 0 aliphatic heterocycles. The minimum absolute atomic E-state index is 1.23. The SMILES string of the molecule is c1ccc2cc(-c3ccc(-c4c5ccccc5c(-c5ccc6c(ccc7ccccc76)c5)c5ccccc45)cc3)ccc2c1. The fourth-order valence-corrected chi connectivity index (χ4v) is 7.12. The van der Waals surface area contributed by atoms with Crippen molar-refractivity contribution in [1.82, 2.24) is 0 Å². The van der Waals surface area contributed by atoms with Crippen molar-refractivity contribution in [3.05, 3.63) is 170 Å². The Morgan fingerprint density at radius 1 is 0.205 bits per heavy atom. The lowest BCUT2D eigenvalue weighted by Gasteiger charge is -2.18. The molecule has 0 atom stereocenters. The van der Waals surface area contributed by atoms with E-state index < -0.39 is 0 Å². The van der Waals surface area contributed by atoms with Crippen LogP contribution in [-0.4, -0.2) is 0 Å². The number of hydrogen-bond donors (Lipinski definition) is 0. The van der Waals surface area contributed by atoms with Gasteiger partial charge in [0, 0.05) is 0 Å². The zero-order chi connectivity index (χ0) is 29.0. The summed E-state index contributed by atoms with van der Waals surface area (Å²) in [5.41, 5.74) is 7.54. The van der Waals surface area contributed by atoms with Crippen molar-refractivity contribution in [2.75, 3.05) is 0 Å². The highest BCUT2D eigenvalue weighted by Crippen LogP contribution is 2.44.